The summed E-state index contributed by atoms with van der Waals surface area (Å²) in [5.41, 5.74) is 0.432. The zero-order chi connectivity index (χ0) is 16.1. The number of aliphatic carboxylic acids is 1. The Morgan fingerprint density at radius 1 is 1.27 bits per heavy atom. The minimum Gasteiger partial charge on any atom is -0.479 e. The second-order valence-corrected chi connectivity index (χ2v) is 4.77. The van der Waals surface area contributed by atoms with Gasteiger partial charge in [0.1, 0.15) is 6.54 Å². The van der Waals surface area contributed by atoms with Crippen LogP contribution >= 0.6 is 0 Å². The Morgan fingerprint density at radius 3 is 2.55 bits per heavy atom. The van der Waals surface area contributed by atoms with Crippen LogP contribution in [0, 0.1) is 0 Å². The largest absolute Gasteiger partial charge is 0.479 e. The molecule has 1 atom stereocenters. The highest BCUT2D eigenvalue weighted by Crippen LogP contribution is 2.12. The van der Waals surface area contributed by atoms with Crippen LogP contribution in [-0.2, 0) is 14.4 Å². The molecule has 0 radical (unpaired) electrons. The Morgan fingerprint density at radius 2 is 1.95 bits per heavy atom. The van der Waals surface area contributed by atoms with Crippen LogP contribution in [0.5, 0.6) is 0 Å². The van der Waals surface area contributed by atoms with Crippen molar-refractivity contribution in [1.29, 1.82) is 0 Å². The fraction of sp³-hybridized carbons (Fsp3) is 0.286. The van der Waals surface area contributed by atoms with Crippen LogP contribution in [0.25, 0.3) is 0 Å². The monoisotopic (exact) mass is 305 g/mol. The second kappa shape index (κ2) is 6.70. The number of nitrogens with zero attached hydrogens (tertiary/aromatic N) is 1. The van der Waals surface area contributed by atoms with Gasteiger partial charge in [0, 0.05) is 13.0 Å². The maximum atomic E-state index is 11.9. The molecule has 0 aliphatic carbocycles. The van der Waals surface area contributed by atoms with Crippen LogP contribution in [0.2, 0.25) is 0 Å². The molecule has 22 heavy (non-hydrogen) atoms. The molecule has 0 saturated carbocycles. The lowest BCUT2D eigenvalue weighted by molar-refractivity contribution is -0.142. The van der Waals surface area contributed by atoms with Gasteiger partial charge in [-0.3, -0.25) is 14.9 Å². The second-order valence-electron chi connectivity index (χ2n) is 4.77. The number of amides is 4. The fourth-order valence-corrected chi connectivity index (χ4v) is 2.06. The van der Waals surface area contributed by atoms with Gasteiger partial charge in [-0.15, -0.1) is 0 Å². The molecular formula is C14H15N3O5. The molecular weight excluding hydrogens is 290 g/mol. The van der Waals surface area contributed by atoms with E-state index in [4.69, 9.17) is 0 Å². The van der Waals surface area contributed by atoms with Gasteiger partial charge < -0.3 is 15.3 Å². The molecule has 1 saturated heterocycles. The molecule has 116 valence electrons. The molecule has 1 fully saturated rings. The molecule has 4 amide bonds. The van der Waals surface area contributed by atoms with Crippen molar-refractivity contribution in [3.63, 3.8) is 0 Å². The third-order valence-electron chi connectivity index (χ3n) is 3.16. The standard InChI is InChI=1S/C14H15N3O5/c18-10-6-7-17(14(22)16-10)8-11(19)15-12(13(20)21)9-4-2-1-3-5-9/h1-5,12H,6-8H2,(H,15,19)(H,20,21)(H,16,18,22)/t12-/m1/s1. The molecule has 1 aromatic rings. The highest BCUT2D eigenvalue weighted by Gasteiger charge is 2.27. The number of carbonyl (C=O) groups excluding carboxylic acids is 3. The highest BCUT2D eigenvalue weighted by atomic mass is 16.4. The zero-order valence-corrected chi connectivity index (χ0v) is 11.6. The van der Waals surface area contributed by atoms with Crippen molar-refractivity contribution < 1.29 is 24.3 Å². The summed E-state index contributed by atoms with van der Waals surface area (Å²) in [7, 11) is 0. The predicted octanol–water partition coefficient (Wildman–Crippen LogP) is -0.130. The van der Waals surface area contributed by atoms with Crippen LogP contribution in [0.3, 0.4) is 0 Å². The molecule has 0 unspecified atom stereocenters. The van der Waals surface area contributed by atoms with E-state index in [2.05, 4.69) is 10.6 Å². The lowest BCUT2D eigenvalue weighted by atomic mass is 10.1. The lowest BCUT2D eigenvalue weighted by Crippen LogP contribution is -2.52. The minimum absolute atomic E-state index is 0.111. The molecule has 0 bridgehead atoms. The van der Waals surface area contributed by atoms with E-state index in [0.717, 1.165) is 4.90 Å². The van der Waals surface area contributed by atoms with E-state index in [-0.39, 0.29) is 19.5 Å². The molecule has 1 aromatic carbocycles. The zero-order valence-electron chi connectivity index (χ0n) is 11.6. The summed E-state index contributed by atoms with van der Waals surface area (Å²) in [5, 5.41) is 13.7. The lowest BCUT2D eigenvalue weighted by Gasteiger charge is -2.26. The van der Waals surface area contributed by atoms with Gasteiger partial charge >= 0.3 is 12.0 Å². The Labute approximate surface area is 126 Å². The molecule has 1 aliphatic heterocycles. The van der Waals surface area contributed by atoms with E-state index in [9.17, 15) is 24.3 Å². The summed E-state index contributed by atoms with van der Waals surface area (Å²) in [6.07, 6.45) is 0.111. The number of benzene rings is 1. The first-order chi connectivity index (χ1) is 10.5. The first kappa shape index (κ1) is 15.5. The van der Waals surface area contributed by atoms with Gasteiger partial charge in [0.2, 0.25) is 11.8 Å². The summed E-state index contributed by atoms with van der Waals surface area (Å²) in [6.45, 7) is -0.184. The van der Waals surface area contributed by atoms with Gasteiger partial charge in [-0.25, -0.2) is 9.59 Å². The van der Waals surface area contributed by atoms with Crippen LogP contribution in [-0.4, -0.2) is 46.9 Å². The number of carboxylic acid groups (broad SMARTS) is 1. The average Bonchev–Trinajstić information content (AvgIpc) is 2.48. The van der Waals surface area contributed by atoms with Crippen molar-refractivity contribution >= 4 is 23.8 Å². The smallest absolute Gasteiger partial charge is 0.330 e. The molecule has 1 aliphatic rings. The quantitative estimate of drug-likeness (QED) is 0.701. The number of hydrogen-bond donors (Lipinski definition) is 3. The summed E-state index contributed by atoms with van der Waals surface area (Å²) in [6, 6.07) is 6.40. The van der Waals surface area contributed by atoms with Gasteiger partial charge in [-0.1, -0.05) is 30.3 Å². The van der Waals surface area contributed by atoms with Crippen molar-refractivity contribution in [2.45, 2.75) is 12.5 Å². The highest BCUT2D eigenvalue weighted by molar-refractivity contribution is 5.98. The van der Waals surface area contributed by atoms with Crippen molar-refractivity contribution in [3.05, 3.63) is 35.9 Å². The van der Waals surface area contributed by atoms with Gasteiger partial charge in [0.15, 0.2) is 6.04 Å². The van der Waals surface area contributed by atoms with Crippen LogP contribution < -0.4 is 10.6 Å². The van der Waals surface area contributed by atoms with Crippen LogP contribution in [0.15, 0.2) is 30.3 Å². The maximum Gasteiger partial charge on any atom is 0.330 e. The van der Waals surface area contributed by atoms with Crippen molar-refractivity contribution in [1.82, 2.24) is 15.5 Å². The van der Waals surface area contributed by atoms with Crippen LogP contribution in [0.1, 0.15) is 18.0 Å². The summed E-state index contributed by atoms with van der Waals surface area (Å²) in [5.74, 6) is -2.20. The third kappa shape index (κ3) is 3.81. The minimum atomic E-state index is -1.20. The molecule has 1 heterocycles. The molecule has 0 aromatic heterocycles. The van der Waals surface area contributed by atoms with E-state index in [1.165, 1.54) is 0 Å². The number of imide groups is 1. The molecule has 2 rings (SSSR count). The predicted molar refractivity (Wildman–Crippen MR) is 74.7 cm³/mol. The van der Waals surface area contributed by atoms with Crippen LogP contribution in [0.4, 0.5) is 4.79 Å². The summed E-state index contributed by atoms with van der Waals surface area (Å²) < 4.78 is 0. The van der Waals surface area contributed by atoms with Crippen molar-refractivity contribution in [3.8, 4) is 0 Å². The van der Waals surface area contributed by atoms with E-state index in [1.807, 2.05) is 0 Å². The average molecular weight is 305 g/mol. The SMILES string of the molecule is O=C1CCN(CC(=O)N[C@@H](C(=O)O)c2ccccc2)C(=O)N1. The van der Waals surface area contributed by atoms with Crippen molar-refractivity contribution in [2.24, 2.45) is 0 Å². The third-order valence-corrected chi connectivity index (χ3v) is 3.16. The van der Waals surface area contributed by atoms with E-state index in [1.54, 1.807) is 30.3 Å². The molecule has 8 heteroatoms. The molecule has 8 nitrogen and oxygen atoms in total. The normalized spacial score (nSPS) is 15.9. The first-order valence-corrected chi connectivity index (χ1v) is 6.63. The van der Waals surface area contributed by atoms with E-state index >= 15 is 0 Å². The number of carbonyl (C=O) groups is 4. The van der Waals surface area contributed by atoms with E-state index < -0.39 is 29.9 Å². The van der Waals surface area contributed by atoms with Crippen molar-refractivity contribution in [2.75, 3.05) is 13.1 Å². The number of nitrogens with one attached hydrogen (secondary N) is 2. The van der Waals surface area contributed by atoms with E-state index in [0.29, 0.717) is 5.56 Å². The van der Waals surface area contributed by atoms with Gasteiger partial charge in [0.05, 0.1) is 0 Å². The summed E-state index contributed by atoms with van der Waals surface area (Å²) >= 11 is 0. The summed E-state index contributed by atoms with van der Waals surface area (Å²) in [4.78, 5) is 46.9. The Hall–Kier alpha value is -2.90. The Balaban J connectivity index is 1.99. The Kier molecular flexibility index (Phi) is 4.72. The fourth-order valence-electron chi connectivity index (χ4n) is 2.06. The topological polar surface area (TPSA) is 116 Å². The van der Waals surface area contributed by atoms with Gasteiger partial charge in [-0.05, 0) is 5.56 Å². The number of carboxylic acids is 1. The molecule has 3 N–H and O–H groups in total. The first-order valence-electron chi connectivity index (χ1n) is 6.63. The number of rotatable bonds is 5. The van der Waals surface area contributed by atoms with Gasteiger partial charge in [0.25, 0.3) is 0 Å². The number of hydrogen-bond acceptors (Lipinski definition) is 4. The van der Waals surface area contributed by atoms with Gasteiger partial charge in [-0.2, -0.15) is 0 Å². The Bertz CT molecular complexity index is 602. The molecule has 0 spiro atoms. The maximum absolute atomic E-state index is 11.9. The number of urea groups is 1.